The van der Waals surface area contributed by atoms with Crippen LogP contribution in [0.5, 0.6) is 0 Å². The van der Waals surface area contributed by atoms with Gasteiger partial charge in [0.15, 0.2) is 0 Å². The lowest BCUT2D eigenvalue weighted by molar-refractivity contribution is -0.137. The Kier molecular flexibility index (Phi) is 5.98. The van der Waals surface area contributed by atoms with Crippen molar-refractivity contribution in [2.75, 3.05) is 11.9 Å². The minimum Gasteiger partial charge on any atom is -0.462 e. The number of hydrogen-bond acceptors (Lipinski definition) is 5. The fraction of sp³-hybridized carbons (Fsp3) is 0.100. The largest absolute Gasteiger partial charge is 0.462 e. The van der Waals surface area contributed by atoms with E-state index < -0.39 is 17.6 Å². The van der Waals surface area contributed by atoms with Crippen LogP contribution in [-0.4, -0.2) is 18.4 Å². The van der Waals surface area contributed by atoms with E-state index in [0.717, 1.165) is 11.8 Å². The summed E-state index contributed by atoms with van der Waals surface area (Å²) in [7, 11) is 0. The first-order valence-electron chi connectivity index (χ1n) is 8.13. The molecule has 1 aliphatic rings. The van der Waals surface area contributed by atoms with Crippen LogP contribution < -0.4 is 5.32 Å². The monoisotopic (exact) mass is 403 g/mol. The summed E-state index contributed by atoms with van der Waals surface area (Å²) in [5.41, 5.74) is 0.843. The van der Waals surface area contributed by atoms with Gasteiger partial charge >= 0.3 is 5.97 Å². The minimum atomic E-state index is -0.614. The summed E-state index contributed by atoms with van der Waals surface area (Å²) in [4.78, 5) is 25.5. The SMILES string of the molecule is CCOC(=O)C1=C(Nc2ccccc2)C(=O)C(=Cc2c(F)cccc2Cl)S1. The number of carbonyl (C=O) groups is 2. The van der Waals surface area contributed by atoms with Gasteiger partial charge in [-0.15, -0.1) is 0 Å². The summed E-state index contributed by atoms with van der Waals surface area (Å²) < 4.78 is 19.1. The van der Waals surface area contributed by atoms with Crippen molar-refractivity contribution in [3.63, 3.8) is 0 Å². The van der Waals surface area contributed by atoms with Crippen LogP contribution in [0.15, 0.2) is 64.0 Å². The molecule has 2 aromatic rings. The number of rotatable bonds is 5. The van der Waals surface area contributed by atoms with Gasteiger partial charge in [-0.05, 0) is 37.3 Å². The van der Waals surface area contributed by atoms with Gasteiger partial charge in [-0.25, -0.2) is 9.18 Å². The third-order valence-corrected chi connectivity index (χ3v) is 5.10. The van der Waals surface area contributed by atoms with E-state index in [-0.39, 0.29) is 32.7 Å². The summed E-state index contributed by atoms with van der Waals surface area (Å²) in [5.74, 6) is -1.59. The number of hydrogen-bond donors (Lipinski definition) is 1. The molecule has 0 saturated carbocycles. The fourth-order valence-electron chi connectivity index (χ4n) is 2.43. The average Bonchev–Trinajstić information content (AvgIpc) is 2.95. The van der Waals surface area contributed by atoms with Crippen molar-refractivity contribution in [2.45, 2.75) is 6.92 Å². The third-order valence-electron chi connectivity index (χ3n) is 3.67. The standard InChI is InChI=1S/C20H15ClFNO3S/c1-2-26-20(25)19-17(23-12-7-4-3-5-8-12)18(24)16(27-19)11-13-14(21)9-6-10-15(13)22/h3-11,23H,2H2,1H3. The van der Waals surface area contributed by atoms with Crippen LogP contribution in [0.4, 0.5) is 10.1 Å². The van der Waals surface area contributed by atoms with E-state index in [0.29, 0.717) is 5.69 Å². The van der Waals surface area contributed by atoms with Crippen molar-refractivity contribution in [3.05, 3.63) is 80.4 Å². The number of thioether (sulfide) groups is 1. The molecule has 0 radical (unpaired) electrons. The Morgan fingerprint density at radius 3 is 2.63 bits per heavy atom. The molecule has 0 aromatic heterocycles. The molecule has 0 atom stereocenters. The predicted molar refractivity (Wildman–Crippen MR) is 106 cm³/mol. The average molecular weight is 404 g/mol. The van der Waals surface area contributed by atoms with Gasteiger partial charge in [0.1, 0.15) is 16.4 Å². The first-order valence-corrected chi connectivity index (χ1v) is 9.32. The van der Waals surface area contributed by atoms with Crippen LogP contribution in [0, 0.1) is 5.82 Å². The van der Waals surface area contributed by atoms with Gasteiger partial charge in [-0.2, -0.15) is 0 Å². The first-order chi connectivity index (χ1) is 13.0. The Morgan fingerprint density at radius 1 is 1.22 bits per heavy atom. The zero-order valence-electron chi connectivity index (χ0n) is 14.3. The Morgan fingerprint density at radius 2 is 1.96 bits per heavy atom. The highest BCUT2D eigenvalue weighted by Gasteiger charge is 2.34. The molecule has 0 amide bonds. The molecule has 0 aliphatic carbocycles. The second-order valence-electron chi connectivity index (χ2n) is 5.49. The van der Waals surface area contributed by atoms with Gasteiger partial charge in [0, 0.05) is 11.3 Å². The van der Waals surface area contributed by atoms with Crippen LogP contribution >= 0.6 is 23.4 Å². The molecule has 1 heterocycles. The summed E-state index contributed by atoms with van der Waals surface area (Å²) >= 11 is 6.98. The van der Waals surface area contributed by atoms with E-state index in [9.17, 15) is 14.0 Å². The summed E-state index contributed by atoms with van der Waals surface area (Å²) in [6.45, 7) is 1.86. The Hall–Kier alpha value is -2.57. The number of anilines is 1. The molecule has 0 bridgehead atoms. The van der Waals surface area contributed by atoms with Gasteiger partial charge in [0.05, 0.1) is 16.5 Å². The molecular weight excluding hydrogens is 389 g/mol. The Bertz CT molecular complexity index is 937. The lowest BCUT2D eigenvalue weighted by Gasteiger charge is -2.07. The van der Waals surface area contributed by atoms with Crippen molar-refractivity contribution < 1.29 is 18.7 Å². The number of benzene rings is 2. The van der Waals surface area contributed by atoms with E-state index in [1.54, 1.807) is 31.2 Å². The zero-order chi connectivity index (χ0) is 19.4. The van der Waals surface area contributed by atoms with Gasteiger partial charge in [0.25, 0.3) is 0 Å². The quantitative estimate of drug-likeness (QED) is 0.561. The van der Waals surface area contributed by atoms with Crippen molar-refractivity contribution in [1.29, 1.82) is 0 Å². The van der Waals surface area contributed by atoms with Crippen LogP contribution in [0.1, 0.15) is 12.5 Å². The van der Waals surface area contributed by atoms with Crippen LogP contribution in [0.25, 0.3) is 6.08 Å². The number of halogens is 2. The molecule has 27 heavy (non-hydrogen) atoms. The van der Waals surface area contributed by atoms with Gasteiger partial charge in [-0.3, -0.25) is 4.79 Å². The molecule has 1 aliphatic heterocycles. The molecule has 3 rings (SSSR count). The van der Waals surface area contributed by atoms with E-state index in [1.807, 2.05) is 6.07 Å². The molecule has 1 N–H and O–H groups in total. The minimum absolute atomic E-state index is 0.0965. The second kappa shape index (κ2) is 8.41. The fourth-order valence-corrected chi connectivity index (χ4v) is 3.63. The highest BCUT2D eigenvalue weighted by molar-refractivity contribution is 8.09. The Balaban J connectivity index is 1.99. The maximum Gasteiger partial charge on any atom is 0.347 e. The van der Waals surface area contributed by atoms with Gasteiger partial charge in [-0.1, -0.05) is 47.6 Å². The lowest BCUT2D eigenvalue weighted by Crippen LogP contribution is -2.13. The van der Waals surface area contributed by atoms with Crippen molar-refractivity contribution in [3.8, 4) is 0 Å². The molecule has 4 nitrogen and oxygen atoms in total. The molecule has 7 heteroatoms. The first kappa shape index (κ1) is 19.2. The maximum atomic E-state index is 14.1. The molecule has 0 fully saturated rings. The van der Waals surface area contributed by atoms with E-state index in [1.165, 1.54) is 24.3 Å². The highest BCUT2D eigenvalue weighted by atomic mass is 35.5. The number of Topliss-reactive ketones (excluding diaryl/α,β-unsaturated/α-hetero) is 1. The van der Waals surface area contributed by atoms with E-state index in [2.05, 4.69) is 5.32 Å². The van der Waals surface area contributed by atoms with Crippen molar-refractivity contribution >= 4 is 46.9 Å². The van der Waals surface area contributed by atoms with Crippen LogP contribution in [-0.2, 0) is 14.3 Å². The predicted octanol–water partition coefficient (Wildman–Crippen LogP) is 5.02. The molecule has 138 valence electrons. The molecule has 2 aromatic carbocycles. The van der Waals surface area contributed by atoms with Crippen LogP contribution in [0.3, 0.4) is 0 Å². The number of nitrogens with one attached hydrogen (secondary N) is 1. The third kappa shape index (κ3) is 4.23. The smallest absolute Gasteiger partial charge is 0.347 e. The number of carbonyl (C=O) groups excluding carboxylic acids is 2. The topological polar surface area (TPSA) is 55.4 Å². The number of ketones is 1. The Labute approximate surface area is 165 Å². The summed E-state index contributed by atoms with van der Waals surface area (Å²) in [5, 5.41) is 3.14. The second-order valence-corrected chi connectivity index (χ2v) is 6.95. The van der Waals surface area contributed by atoms with E-state index in [4.69, 9.17) is 16.3 Å². The molecular formula is C20H15ClFNO3S. The van der Waals surface area contributed by atoms with Gasteiger partial charge in [0.2, 0.25) is 5.78 Å². The normalized spacial score (nSPS) is 15.4. The molecule has 0 saturated heterocycles. The number of allylic oxidation sites excluding steroid dienone is 1. The zero-order valence-corrected chi connectivity index (χ0v) is 15.9. The molecule has 0 unspecified atom stereocenters. The number of ether oxygens (including phenoxy) is 1. The van der Waals surface area contributed by atoms with Crippen LogP contribution in [0.2, 0.25) is 5.02 Å². The van der Waals surface area contributed by atoms with Gasteiger partial charge < -0.3 is 10.1 Å². The van der Waals surface area contributed by atoms with E-state index >= 15 is 0 Å². The summed E-state index contributed by atoms with van der Waals surface area (Å²) in [6.07, 6.45) is 1.35. The number of para-hydroxylation sites is 1. The van der Waals surface area contributed by atoms with Crippen molar-refractivity contribution in [1.82, 2.24) is 0 Å². The van der Waals surface area contributed by atoms with Crippen molar-refractivity contribution in [2.24, 2.45) is 0 Å². The maximum absolute atomic E-state index is 14.1. The lowest BCUT2D eigenvalue weighted by atomic mass is 10.1. The highest BCUT2D eigenvalue weighted by Crippen LogP contribution is 2.41. The number of esters is 1. The summed E-state index contributed by atoms with van der Waals surface area (Å²) in [6, 6.07) is 13.2. The molecule has 0 spiro atoms.